The highest BCUT2D eigenvalue weighted by Gasteiger charge is 2.45. The first-order chi connectivity index (χ1) is 14.2. The molecule has 7 nitrogen and oxygen atoms in total. The standard InChI is InChI=1S/C22H29N3O4/c1-27-15-21(26)23-20-9-5-6-10-22(20)16-25(11-12-28-22)14-18-13-19(29-24-18)17-7-3-2-4-8-17/h2-4,7-8,13,20H,5-6,9-12,14-16H2,1H3,(H,23,26)/t20-,22+/m1/s1. The summed E-state index contributed by atoms with van der Waals surface area (Å²) in [6.45, 7) is 3.06. The Balaban J connectivity index is 1.43. The van der Waals surface area contributed by atoms with Crippen LogP contribution in [0.4, 0.5) is 0 Å². The number of morpholine rings is 1. The molecule has 1 spiro atoms. The normalized spacial score (nSPS) is 25.2. The molecule has 1 aromatic heterocycles. The molecule has 0 unspecified atom stereocenters. The van der Waals surface area contributed by atoms with E-state index in [2.05, 4.69) is 15.4 Å². The van der Waals surface area contributed by atoms with E-state index >= 15 is 0 Å². The minimum atomic E-state index is -0.341. The van der Waals surface area contributed by atoms with Gasteiger partial charge in [0.25, 0.3) is 0 Å². The minimum absolute atomic E-state index is 0.0129. The number of ether oxygens (including phenoxy) is 2. The van der Waals surface area contributed by atoms with Crippen LogP contribution < -0.4 is 5.32 Å². The Labute approximate surface area is 171 Å². The van der Waals surface area contributed by atoms with Gasteiger partial charge in [0, 0.05) is 38.4 Å². The lowest BCUT2D eigenvalue weighted by molar-refractivity contribution is -0.153. The molecule has 1 aromatic carbocycles. The van der Waals surface area contributed by atoms with Gasteiger partial charge < -0.3 is 19.3 Å². The molecule has 2 heterocycles. The maximum atomic E-state index is 12.1. The molecule has 1 aliphatic heterocycles. The van der Waals surface area contributed by atoms with Crippen LogP contribution in [0.3, 0.4) is 0 Å². The molecular formula is C22H29N3O4. The smallest absolute Gasteiger partial charge is 0.246 e. The molecule has 0 radical (unpaired) electrons. The summed E-state index contributed by atoms with van der Waals surface area (Å²) in [6, 6.07) is 12.0. The van der Waals surface area contributed by atoms with Gasteiger partial charge in [-0.15, -0.1) is 0 Å². The van der Waals surface area contributed by atoms with Crippen molar-refractivity contribution >= 4 is 5.91 Å². The van der Waals surface area contributed by atoms with Gasteiger partial charge in [0.1, 0.15) is 12.2 Å². The Bertz CT molecular complexity index is 805. The van der Waals surface area contributed by atoms with Gasteiger partial charge in [-0.2, -0.15) is 0 Å². The van der Waals surface area contributed by atoms with E-state index in [-0.39, 0.29) is 24.2 Å². The number of carbonyl (C=O) groups excluding carboxylic acids is 1. The maximum absolute atomic E-state index is 12.1. The van der Waals surface area contributed by atoms with Crippen molar-refractivity contribution in [2.75, 3.05) is 33.4 Å². The van der Waals surface area contributed by atoms with Gasteiger partial charge in [-0.05, 0) is 12.8 Å². The SMILES string of the molecule is COCC(=O)N[C@@H]1CCCC[C@]12CN(Cc1cc(-c3ccccc3)on1)CCO2. The monoisotopic (exact) mass is 399 g/mol. The second-order valence-electron chi connectivity index (χ2n) is 7.97. The summed E-state index contributed by atoms with van der Waals surface area (Å²) in [4.78, 5) is 14.5. The lowest BCUT2D eigenvalue weighted by Crippen LogP contribution is -2.64. The molecule has 29 heavy (non-hydrogen) atoms. The third kappa shape index (κ3) is 4.69. The highest BCUT2D eigenvalue weighted by Crippen LogP contribution is 2.35. The molecule has 1 saturated carbocycles. The minimum Gasteiger partial charge on any atom is -0.375 e. The van der Waals surface area contributed by atoms with Crippen molar-refractivity contribution < 1.29 is 18.8 Å². The van der Waals surface area contributed by atoms with E-state index in [4.69, 9.17) is 14.0 Å². The van der Waals surface area contributed by atoms with Gasteiger partial charge in [-0.3, -0.25) is 9.69 Å². The zero-order valence-corrected chi connectivity index (χ0v) is 16.9. The van der Waals surface area contributed by atoms with Crippen LogP contribution in [0, 0.1) is 0 Å². The highest BCUT2D eigenvalue weighted by molar-refractivity contribution is 5.77. The van der Waals surface area contributed by atoms with Crippen LogP contribution >= 0.6 is 0 Å². The third-order valence-electron chi connectivity index (χ3n) is 5.88. The fourth-order valence-corrected chi connectivity index (χ4v) is 4.51. The van der Waals surface area contributed by atoms with E-state index in [1.807, 2.05) is 36.4 Å². The quantitative estimate of drug-likeness (QED) is 0.805. The van der Waals surface area contributed by atoms with Crippen molar-refractivity contribution in [3.8, 4) is 11.3 Å². The molecule has 1 saturated heterocycles. The molecule has 7 heteroatoms. The predicted molar refractivity (Wildman–Crippen MR) is 108 cm³/mol. The number of nitrogens with zero attached hydrogens (tertiary/aromatic N) is 2. The Morgan fingerprint density at radius 1 is 1.34 bits per heavy atom. The van der Waals surface area contributed by atoms with E-state index in [0.717, 1.165) is 55.8 Å². The summed E-state index contributed by atoms with van der Waals surface area (Å²) < 4.78 is 16.8. The first-order valence-electron chi connectivity index (χ1n) is 10.3. The summed E-state index contributed by atoms with van der Waals surface area (Å²) in [7, 11) is 1.54. The highest BCUT2D eigenvalue weighted by atomic mass is 16.5. The second kappa shape index (κ2) is 9.07. The van der Waals surface area contributed by atoms with Crippen LogP contribution in [-0.4, -0.2) is 61.0 Å². The fourth-order valence-electron chi connectivity index (χ4n) is 4.51. The molecule has 1 aliphatic carbocycles. The van der Waals surface area contributed by atoms with E-state index < -0.39 is 0 Å². The van der Waals surface area contributed by atoms with Gasteiger partial charge in [0.2, 0.25) is 5.91 Å². The lowest BCUT2D eigenvalue weighted by Gasteiger charge is -2.49. The summed E-state index contributed by atoms with van der Waals surface area (Å²) in [5.74, 6) is 0.703. The number of rotatable bonds is 6. The van der Waals surface area contributed by atoms with E-state index in [0.29, 0.717) is 13.2 Å². The van der Waals surface area contributed by atoms with Crippen LogP contribution in [0.15, 0.2) is 40.9 Å². The number of hydrogen-bond donors (Lipinski definition) is 1. The molecule has 0 bridgehead atoms. The van der Waals surface area contributed by atoms with Crippen molar-refractivity contribution in [2.24, 2.45) is 0 Å². The Morgan fingerprint density at radius 2 is 2.21 bits per heavy atom. The van der Waals surface area contributed by atoms with Crippen LogP contribution in [0.2, 0.25) is 0 Å². The maximum Gasteiger partial charge on any atom is 0.246 e. The van der Waals surface area contributed by atoms with Gasteiger partial charge in [0.15, 0.2) is 5.76 Å². The number of hydrogen-bond acceptors (Lipinski definition) is 6. The van der Waals surface area contributed by atoms with E-state index in [1.54, 1.807) is 0 Å². The van der Waals surface area contributed by atoms with E-state index in [9.17, 15) is 4.79 Å². The molecule has 1 amide bonds. The molecule has 1 N–H and O–H groups in total. The molecule has 2 atom stereocenters. The number of carbonyl (C=O) groups is 1. The molecule has 4 rings (SSSR count). The van der Waals surface area contributed by atoms with Crippen molar-refractivity contribution in [2.45, 2.75) is 43.9 Å². The predicted octanol–water partition coefficient (Wildman–Crippen LogP) is 2.62. The molecular weight excluding hydrogens is 370 g/mol. The van der Waals surface area contributed by atoms with Crippen LogP contribution in [0.1, 0.15) is 31.4 Å². The van der Waals surface area contributed by atoms with Crippen molar-refractivity contribution in [3.05, 3.63) is 42.1 Å². The average molecular weight is 399 g/mol. The van der Waals surface area contributed by atoms with Crippen LogP contribution in [-0.2, 0) is 20.8 Å². The van der Waals surface area contributed by atoms with E-state index in [1.165, 1.54) is 7.11 Å². The van der Waals surface area contributed by atoms with Crippen molar-refractivity contribution in [3.63, 3.8) is 0 Å². The largest absolute Gasteiger partial charge is 0.375 e. The number of aromatic nitrogens is 1. The zero-order chi connectivity index (χ0) is 20.1. The zero-order valence-electron chi connectivity index (χ0n) is 16.9. The molecule has 2 aromatic rings. The molecule has 156 valence electrons. The first-order valence-corrected chi connectivity index (χ1v) is 10.3. The first kappa shape index (κ1) is 20.1. The molecule has 2 aliphatic rings. The Kier molecular flexibility index (Phi) is 6.28. The van der Waals surface area contributed by atoms with Crippen molar-refractivity contribution in [1.82, 2.24) is 15.4 Å². The number of nitrogens with one attached hydrogen (secondary N) is 1. The Hall–Kier alpha value is -2.22. The van der Waals surface area contributed by atoms with Gasteiger partial charge in [-0.25, -0.2) is 0 Å². The Morgan fingerprint density at radius 3 is 3.03 bits per heavy atom. The molecule has 2 fully saturated rings. The van der Waals surface area contributed by atoms with Gasteiger partial charge in [0.05, 0.1) is 18.3 Å². The van der Waals surface area contributed by atoms with Crippen LogP contribution in [0.5, 0.6) is 0 Å². The van der Waals surface area contributed by atoms with Crippen LogP contribution in [0.25, 0.3) is 11.3 Å². The van der Waals surface area contributed by atoms with Gasteiger partial charge >= 0.3 is 0 Å². The fraction of sp³-hybridized carbons (Fsp3) is 0.545. The third-order valence-corrected chi connectivity index (χ3v) is 5.88. The van der Waals surface area contributed by atoms with Gasteiger partial charge in [-0.1, -0.05) is 48.3 Å². The topological polar surface area (TPSA) is 76.8 Å². The number of benzene rings is 1. The number of methoxy groups -OCH3 is 1. The van der Waals surface area contributed by atoms with Crippen molar-refractivity contribution in [1.29, 1.82) is 0 Å². The second-order valence-corrected chi connectivity index (χ2v) is 7.97. The summed E-state index contributed by atoms with van der Waals surface area (Å²) in [5, 5.41) is 7.41. The summed E-state index contributed by atoms with van der Waals surface area (Å²) >= 11 is 0. The summed E-state index contributed by atoms with van der Waals surface area (Å²) in [6.07, 6.45) is 4.11. The lowest BCUT2D eigenvalue weighted by atomic mass is 9.78. The number of amides is 1. The summed E-state index contributed by atoms with van der Waals surface area (Å²) in [5.41, 5.74) is 1.60. The average Bonchev–Trinajstić information content (AvgIpc) is 3.19.